The Morgan fingerprint density at radius 2 is 1.55 bits per heavy atom. The van der Waals surface area contributed by atoms with Crippen molar-refractivity contribution in [1.29, 1.82) is 0 Å². The van der Waals surface area contributed by atoms with Crippen molar-refractivity contribution in [2.45, 2.75) is 17.4 Å². The van der Waals surface area contributed by atoms with Gasteiger partial charge in [0.05, 0.1) is 43.2 Å². The van der Waals surface area contributed by atoms with E-state index in [1.807, 2.05) is 36.4 Å². The van der Waals surface area contributed by atoms with Gasteiger partial charge in [-0.25, -0.2) is 13.3 Å². The third-order valence-electron chi connectivity index (χ3n) is 6.47. The molecule has 5 rings (SSSR count). The van der Waals surface area contributed by atoms with Crippen molar-refractivity contribution in [3.05, 3.63) is 71.2 Å². The average molecular weight is 529 g/mol. The lowest BCUT2D eigenvalue weighted by atomic mass is 10.1. The molecule has 1 atom stereocenters. The van der Waals surface area contributed by atoms with Gasteiger partial charge in [0.15, 0.2) is 6.04 Å². The molecular formula is C24H23BrN3O4S+. The summed E-state index contributed by atoms with van der Waals surface area (Å²) < 4.78 is 28.1. The lowest BCUT2D eigenvalue weighted by molar-refractivity contribution is -0.918. The van der Waals surface area contributed by atoms with Crippen molar-refractivity contribution in [3.63, 3.8) is 0 Å². The SMILES string of the molecule is O=C1C[C@H]([NH+]2CCN(S(=O)(=O)c3ccccc3Br)CC2)C(=O)N1c1cccc2ccccc12. The Balaban J connectivity index is 1.33. The first-order chi connectivity index (χ1) is 15.9. The van der Waals surface area contributed by atoms with Gasteiger partial charge in [-0.15, -0.1) is 0 Å². The summed E-state index contributed by atoms with van der Waals surface area (Å²) in [6, 6.07) is 19.6. The Hall–Kier alpha value is -2.59. The second-order valence-electron chi connectivity index (χ2n) is 8.32. The van der Waals surface area contributed by atoms with Crippen LogP contribution in [-0.4, -0.2) is 56.8 Å². The van der Waals surface area contributed by atoms with Crippen molar-refractivity contribution in [1.82, 2.24) is 4.31 Å². The Morgan fingerprint density at radius 3 is 2.30 bits per heavy atom. The van der Waals surface area contributed by atoms with Gasteiger partial charge in [-0.05, 0) is 39.5 Å². The zero-order chi connectivity index (χ0) is 23.2. The first kappa shape index (κ1) is 22.2. The number of piperazine rings is 1. The van der Waals surface area contributed by atoms with E-state index in [9.17, 15) is 18.0 Å². The maximum Gasteiger partial charge on any atom is 0.292 e. The quantitative estimate of drug-likeness (QED) is 0.524. The van der Waals surface area contributed by atoms with Crippen LogP contribution in [0, 0.1) is 0 Å². The Bertz CT molecular complexity index is 1350. The normalized spacial score (nSPS) is 20.6. The fraction of sp³-hybridized carbons (Fsp3) is 0.250. The highest BCUT2D eigenvalue weighted by molar-refractivity contribution is 9.10. The number of quaternary nitrogens is 1. The molecule has 0 aliphatic carbocycles. The molecule has 0 bridgehead atoms. The van der Waals surface area contributed by atoms with Crippen LogP contribution < -0.4 is 9.80 Å². The lowest BCUT2D eigenvalue weighted by Gasteiger charge is -2.33. The molecule has 2 fully saturated rings. The van der Waals surface area contributed by atoms with Crippen LogP contribution in [-0.2, 0) is 19.6 Å². The predicted octanol–water partition coefficient (Wildman–Crippen LogP) is 1.82. The van der Waals surface area contributed by atoms with E-state index in [-0.39, 0.29) is 23.1 Å². The molecule has 2 heterocycles. The number of hydrogen-bond acceptors (Lipinski definition) is 4. The third kappa shape index (κ3) is 3.89. The predicted molar refractivity (Wildman–Crippen MR) is 128 cm³/mol. The van der Waals surface area contributed by atoms with Gasteiger partial charge in [0, 0.05) is 9.86 Å². The molecule has 0 radical (unpaired) electrons. The Kier molecular flexibility index (Phi) is 5.82. The molecule has 0 unspecified atom stereocenters. The van der Waals surface area contributed by atoms with Crippen LogP contribution in [0.2, 0.25) is 0 Å². The summed E-state index contributed by atoms with van der Waals surface area (Å²) in [5.74, 6) is -0.425. The molecular weight excluding hydrogens is 506 g/mol. The van der Waals surface area contributed by atoms with Gasteiger partial charge in [-0.3, -0.25) is 9.59 Å². The molecule has 0 aromatic heterocycles. The lowest BCUT2D eigenvalue weighted by Crippen LogP contribution is -3.19. The van der Waals surface area contributed by atoms with E-state index in [1.54, 1.807) is 30.3 Å². The van der Waals surface area contributed by atoms with E-state index in [1.165, 1.54) is 9.21 Å². The van der Waals surface area contributed by atoms with Gasteiger partial charge in [0.1, 0.15) is 0 Å². The number of nitrogens with zero attached hydrogens (tertiary/aromatic N) is 2. The fourth-order valence-corrected chi connectivity index (χ4v) is 7.17. The monoisotopic (exact) mass is 528 g/mol. The minimum absolute atomic E-state index is 0.133. The summed E-state index contributed by atoms with van der Waals surface area (Å²) in [6.07, 6.45) is 0.133. The smallest absolute Gasteiger partial charge is 0.292 e. The van der Waals surface area contributed by atoms with Gasteiger partial charge < -0.3 is 4.90 Å². The van der Waals surface area contributed by atoms with Gasteiger partial charge in [-0.1, -0.05) is 48.5 Å². The molecule has 2 aliphatic heterocycles. The van der Waals surface area contributed by atoms with Crippen LogP contribution in [0.5, 0.6) is 0 Å². The van der Waals surface area contributed by atoms with Crippen LogP contribution >= 0.6 is 15.9 Å². The summed E-state index contributed by atoms with van der Waals surface area (Å²) in [5.41, 5.74) is 0.611. The van der Waals surface area contributed by atoms with E-state index >= 15 is 0 Å². The average Bonchev–Trinajstić information content (AvgIpc) is 3.12. The highest BCUT2D eigenvalue weighted by Gasteiger charge is 2.47. The molecule has 7 nitrogen and oxygen atoms in total. The van der Waals surface area contributed by atoms with Gasteiger partial charge in [0.25, 0.3) is 5.91 Å². The molecule has 3 aromatic rings. The van der Waals surface area contributed by atoms with Gasteiger partial charge >= 0.3 is 0 Å². The van der Waals surface area contributed by atoms with Crippen LogP contribution in [0.4, 0.5) is 5.69 Å². The summed E-state index contributed by atoms with van der Waals surface area (Å²) in [5, 5.41) is 1.83. The largest absolute Gasteiger partial charge is 0.322 e. The standard InChI is InChI=1S/C24H22BrN3O4S/c25-19-9-3-4-11-22(19)33(31,32)27-14-12-26(13-15-27)21-16-23(29)28(24(21)30)20-10-5-7-17-6-1-2-8-18(17)20/h1-11,21H,12-16H2/p+1/t21-/m0/s1. The van der Waals surface area contributed by atoms with E-state index in [0.29, 0.717) is 36.3 Å². The number of anilines is 1. The van der Waals surface area contributed by atoms with Crippen LogP contribution in [0.15, 0.2) is 76.1 Å². The molecule has 0 saturated carbocycles. The number of hydrogen-bond donors (Lipinski definition) is 1. The first-order valence-corrected chi connectivity index (χ1v) is 13.0. The molecule has 9 heteroatoms. The Labute approximate surface area is 200 Å². The minimum Gasteiger partial charge on any atom is -0.322 e. The van der Waals surface area contributed by atoms with Crippen molar-refractivity contribution in [2.75, 3.05) is 31.1 Å². The van der Waals surface area contributed by atoms with Crippen molar-refractivity contribution in [3.8, 4) is 0 Å². The number of carbonyl (C=O) groups excluding carboxylic acids is 2. The second kappa shape index (κ2) is 8.64. The molecule has 2 saturated heterocycles. The summed E-state index contributed by atoms with van der Waals surface area (Å²) in [7, 11) is -3.63. The summed E-state index contributed by atoms with van der Waals surface area (Å²) >= 11 is 3.33. The number of carbonyl (C=O) groups is 2. The number of sulfonamides is 1. The van der Waals surface area contributed by atoms with Crippen LogP contribution in [0.25, 0.3) is 10.8 Å². The molecule has 170 valence electrons. The maximum atomic E-state index is 13.4. The number of nitrogens with one attached hydrogen (secondary N) is 1. The minimum atomic E-state index is -3.63. The topological polar surface area (TPSA) is 79.2 Å². The van der Waals surface area contributed by atoms with Gasteiger partial charge in [-0.2, -0.15) is 4.31 Å². The fourth-order valence-electron chi connectivity index (χ4n) is 4.76. The van der Waals surface area contributed by atoms with Gasteiger partial charge in [0.2, 0.25) is 15.9 Å². The van der Waals surface area contributed by atoms with E-state index in [4.69, 9.17) is 0 Å². The molecule has 33 heavy (non-hydrogen) atoms. The van der Waals surface area contributed by atoms with E-state index < -0.39 is 16.1 Å². The molecule has 0 spiro atoms. The molecule has 2 amide bonds. The van der Waals surface area contributed by atoms with Crippen LogP contribution in [0.1, 0.15) is 6.42 Å². The zero-order valence-corrected chi connectivity index (χ0v) is 20.2. The van der Waals surface area contributed by atoms with E-state index in [2.05, 4.69) is 15.9 Å². The Morgan fingerprint density at radius 1 is 0.879 bits per heavy atom. The highest BCUT2D eigenvalue weighted by atomic mass is 79.9. The molecule has 3 aromatic carbocycles. The van der Waals surface area contributed by atoms with E-state index in [0.717, 1.165) is 15.7 Å². The number of benzene rings is 3. The first-order valence-electron chi connectivity index (χ1n) is 10.8. The van der Waals surface area contributed by atoms with Crippen molar-refractivity contribution < 1.29 is 22.9 Å². The zero-order valence-electron chi connectivity index (χ0n) is 17.8. The third-order valence-corrected chi connectivity index (χ3v) is 9.38. The number of halogens is 1. The number of fused-ring (bicyclic) bond motifs is 1. The summed E-state index contributed by atoms with van der Waals surface area (Å²) in [4.78, 5) is 28.8. The second-order valence-corrected chi connectivity index (χ2v) is 11.1. The number of imide groups is 1. The number of rotatable bonds is 4. The number of amides is 2. The highest BCUT2D eigenvalue weighted by Crippen LogP contribution is 2.30. The summed E-state index contributed by atoms with van der Waals surface area (Å²) in [6.45, 7) is 1.53. The van der Waals surface area contributed by atoms with Crippen LogP contribution in [0.3, 0.4) is 0 Å². The molecule has 1 N–H and O–H groups in total. The van der Waals surface area contributed by atoms with Crippen molar-refractivity contribution in [2.24, 2.45) is 0 Å². The maximum absolute atomic E-state index is 13.4. The van der Waals surface area contributed by atoms with Crippen molar-refractivity contribution >= 4 is 54.2 Å². The molecule has 2 aliphatic rings.